The molecule has 1 aromatic rings. The van der Waals surface area contributed by atoms with Crippen LogP contribution in [0.25, 0.3) is 0 Å². The van der Waals surface area contributed by atoms with Crippen molar-refractivity contribution in [3.63, 3.8) is 0 Å². The van der Waals surface area contributed by atoms with Gasteiger partial charge in [-0.15, -0.1) is 0 Å². The highest BCUT2D eigenvalue weighted by atomic mass is 16.6. The average Bonchev–Trinajstić information content (AvgIpc) is 3.23. The van der Waals surface area contributed by atoms with Crippen molar-refractivity contribution in [2.45, 2.75) is 58.5 Å². The Morgan fingerprint density at radius 1 is 1.34 bits per heavy atom. The minimum absolute atomic E-state index is 0.0582. The third-order valence-corrected chi connectivity index (χ3v) is 6.30. The number of nitrogens with zero attached hydrogens (tertiary/aromatic N) is 1. The topological polar surface area (TPSA) is 108 Å². The van der Waals surface area contributed by atoms with E-state index in [9.17, 15) is 19.7 Å². The number of hydrogen-bond donors (Lipinski definition) is 1. The molecule has 1 N–H and O–H groups in total. The van der Waals surface area contributed by atoms with Crippen LogP contribution in [0.4, 0.5) is 5.69 Å². The summed E-state index contributed by atoms with van der Waals surface area (Å²) in [7, 11) is 0. The summed E-state index contributed by atoms with van der Waals surface area (Å²) in [6.07, 6.45) is 2.63. The summed E-state index contributed by atoms with van der Waals surface area (Å²) in [6, 6.07) is 6.14. The van der Waals surface area contributed by atoms with Gasteiger partial charge in [0.1, 0.15) is 6.61 Å². The highest BCUT2D eigenvalue weighted by Crippen LogP contribution is 2.47. The molecular formula is C24H28N2O6. The van der Waals surface area contributed by atoms with Crippen molar-refractivity contribution in [2.24, 2.45) is 5.41 Å². The standard InChI is InChI=1S/C24H28N2O6/c1-14-20(23(28)32-13-17-8-5-9-31-17)21(15-6-4-7-16(10-15)26(29)30)22-18(25-14)11-24(2,3)12-19(22)27/h4,6-7,10,17,21,25H,5,8-9,11-13H2,1-3H3/t17-,21-/m1/s1. The highest BCUT2D eigenvalue weighted by molar-refractivity contribution is 6.04. The fourth-order valence-corrected chi connectivity index (χ4v) is 4.88. The predicted molar refractivity (Wildman–Crippen MR) is 117 cm³/mol. The van der Waals surface area contributed by atoms with Crippen molar-refractivity contribution < 1.29 is 24.0 Å². The lowest BCUT2D eigenvalue weighted by atomic mass is 9.68. The minimum atomic E-state index is -0.716. The first kappa shape index (κ1) is 22.2. The maximum absolute atomic E-state index is 13.3. The lowest BCUT2D eigenvalue weighted by molar-refractivity contribution is -0.384. The summed E-state index contributed by atoms with van der Waals surface area (Å²) in [6.45, 7) is 6.64. The first-order valence-electron chi connectivity index (χ1n) is 10.9. The van der Waals surface area contributed by atoms with Crippen LogP contribution in [0.5, 0.6) is 0 Å². The van der Waals surface area contributed by atoms with Gasteiger partial charge < -0.3 is 14.8 Å². The molecule has 8 nitrogen and oxygen atoms in total. The van der Waals surface area contributed by atoms with Crippen LogP contribution in [0.3, 0.4) is 0 Å². The molecule has 1 saturated heterocycles. The molecule has 1 aromatic carbocycles. The molecule has 4 rings (SSSR count). The smallest absolute Gasteiger partial charge is 0.336 e. The number of dihydropyridines is 1. The van der Waals surface area contributed by atoms with Gasteiger partial charge in [-0.3, -0.25) is 14.9 Å². The molecule has 2 aliphatic heterocycles. The summed E-state index contributed by atoms with van der Waals surface area (Å²) in [5.41, 5.74) is 2.42. The van der Waals surface area contributed by atoms with Crippen molar-refractivity contribution >= 4 is 17.4 Å². The number of non-ortho nitro benzene ring substituents is 1. The molecule has 0 spiro atoms. The third kappa shape index (κ3) is 4.32. The van der Waals surface area contributed by atoms with E-state index < -0.39 is 16.8 Å². The molecule has 2 atom stereocenters. The van der Waals surface area contributed by atoms with E-state index in [4.69, 9.17) is 9.47 Å². The molecule has 3 aliphatic rings. The number of hydrogen-bond acceptors (Lipinski definition) is 7. The first-order chi connectivity index (χ1) is 15.2. The lowest BCUT2D eigenvalue weighted by Crippen LogP contribution is -2.39. The Kier molecular flexibility index (Phi) is 5.90. The van der Waals surface area contributed by atoms with Gasteiger partial charge in [0.2, 0.25) is 0 Å². The van der Waals surface area contributed by atoms with Crippen molar-refractivity contribution in [1.29, 1.82) is 0 Å². The Morgan fingerprint density at radius 3 is 2.81 bits per heavy atom. The molecule has 1 fully saturated rings. The summed E-state index contributed by atoms with van der Waals surface area (Å²) < 4.78 is 11.1. The number of ether oxygens (including phenoxy) is 2. The van der Waals surface area contributed by atoms with Crippen molar-refractivity contribution in [1.82, 2.24) is 5.32 Å². The molecule has 0 bridgehead atoms. The number of allylic oxidation sites excluding steroid dienone is 3. The number of rotatable bonds is 5. The van der Waals surface area contributed by atoms with Gasteiger partial charge in [-0.1, -0.05) is 26.0 Å². The third-order valence-electron chi connectivity index (χ3n) is 6.30. The number of Topliss-reactive ketones (excluding diaryl/α,β-unsaturated/α-hetero) is 1. The fraction of sp³-hybridized carbons (Fsp3) is 0.500. The van der Waals surface area contributed by atoms with Crippen LogP contribution >= 0.6 is 0 Å². The SMILES string of the molecule is CC1=C(C(=O)OC[C@H]2CCCO2)[C@@H](c2cccc([N+](=O)[O-])c2)C2=C(CC(C)(C)CC2=O)N1. The quantitative estimate of drug-likeness (QED) is 0.420. The minimum Gasteiger partial charge on any atom is -0.459 e. The number of carbonyl (C=O) groups is 2. The molecule has 32 heavy (non-hydrogen) atoms. The van der Waals surface area contributed by atoms with Gasteiger partial charge in [0.05, 0.1) is 16.6 Å². The van der Waals surface area contributed by atoms with Gasteiger partial charge in [-0.2, -0.15) is 0 Å². The van der Waals surface area contributed by atoms with E-state index in [0.717, 1.165) is 18.5 Å². The first-order valence-corrected chi connectivity index (χ1v) is 10.9. The maximum Gasteiger partial charge on any atom is 0.336 e. The van der Waals surface area contributed by atoms with Crippen molar-refractivity contribution in [3.8, 4) is 0 Å². The van der Waals surface area contributed by atoms with Crippen LogP contribution in [0.1, 0.15) is 57.9 Å². The van der Waals surface area contributed by atoms with Crippen LogP contribution < -0.4 is 5.32 Å². The zero-order valence-electron chi connectivity index (χ0n) is 18.6. The van der Waals surface area contributed by atoms with Crippen LogP contribution in [0.2, 0.25) is 0 Å². The van der Waals surface area contributed by atoms with Gasteiger partial charge >= 0.3 is 5.97 Å². The van der Waals surface area contributed by atoms with Crippen LogP contribution in [0.15, 0.2) is 46.8 Å². The van der Waals surface area contributed by atoms with E-state index >= 15 is 0 Å². The number of nitro benzene ring substituents is 1. The maximum atomic E-state index is 13.3. The Hall–Kier alpha value is -3.00. The predicted octanol–water partition coefficient (Wildman–Crippen LogP) is 3.92. The fourth-order valence-electron chi connectivity index (χ4n) is 4.88. The zero-order valence-corrected chi connectivity index (χ0v) is 18.6. The number of benzene rings is 1. The summed E-state index contributed by atoms with van der Waals surface area (Å²) >= 11 is 0. The van der Waals surface area contributed by atoms with Gasteiger partial charge in [-0.05, 0) is 37.2 Å². The molecule has 0 amide bonds. The van der Waals surface area contributed by atoms with E-state index in [1.807, 2.05) is 13.8 Å². The van der Waals surface area contributed by atoms with Gasteiger partial charge in [0.15, 0.2) is 5.78 Å². The number of ketones is 1. The Labute approximate surface area is 186 Å². The number of nitro groups is 1. The second kappa shape index (κ2) is 8.50. The molecule has 0 aromatic heterocycles. The molecule has 0 saturated carbocycles. The average molecular weight is 440 g/mol. The Morgan fingerprint density at radius 2 is 2.12 bits per heavy atom. The molecular weight excluding hydrogens is 412 g/mol. The van der Waals surface area contributed by atoms with Crippen molar-refractivity contribution in [2.75, 3.05) is 13.2 Å². The van der Waals surface area contributed by atoms with E-state index in [1.165, 1.54) is 12.1 Å². The Bertz CT molecular complexity index is 1030. The van der Waals surface area contributed by atoms with Crippen molar-refractivity contribution in [3.05, 3.63) is 62.5 Å². The molecule has 8 heteroatoms. The van der Waals surface area contributed by atoms with Gasteiger partial charge in [-0.25, -0.2) is 4.79 Å². The normalized spacial score (nSPS) is 24.8. The zero-order chi connectivity index (χ0) is 23.0. The van der Waals surface area contributed by atoms with Crippen LogP contribution in [-0.2, 0) is 19.1 Å². The molecule has 1 aliphatic carbocycles. The van der Waals surface area contributed by atoms with E-state index in [2.05, 4.69) is 5.32 Å². The van der Waals surface area contributed by atoms with Crippen LogP contribution in [-0.4, -0.2) is 36.0 Å². The number of nitrogens with one attached hydrogen (secondary N) is 1. The van der Waals surface area contributed by atoms with Gasteiger partial charge in [0.25, 0.3) is 5.69 Å². The van der Waals surface area contributed by atoms with Gasteiger partial charge in [0, 0.05) is 48.0 Å². The number of carbonyl (C=O) groups excluding carboxylic acids is 2. The summed E-state index contributed by atoms with van der Waals surface area (Å²) in [5.74, 6) is -1.31. The second-order valence-corrected chi connectivity index (χ2v) is 9.52. The highest BCUT2D eigenvalue weighted by Gasteiger charge is 2.43. The lowest BCUT2D eigenvalue weighted by Gasteiger charge is -2.39. The van der Waals surface area contributed by atoms with E-state index in [0.29, 0.717) is 41.9 Å². The second-order valence-electron chi connectivity index (χ2n) is 9.52. The molecule has 2 heterocycles. The monoisotopic (exact) mass is 440 g/mol. The molecule has 170 valence electrons. The summed E-state index contributed by atoms with van der Waals surface area (Å²) in [4.78, 5) is 37.4. The van der Waals surface area contributed by atoms with E-state index in [1.54, 1.807) is 19.1 Å². The Balaban J connectivity index is 1.75. The van der Waals surface area contributed by atoms with E-state index in [-0.39, 0.29) is 29.6 Å². The molecule has 0 unspecified atom stereocenters. The largest absolute Gasteiger partial charge is 0.459 e. The number of esters is 1. The molecule has 0 radical (unpaired) electrons. The summed E-state index contributed by atoms with van der Waals surface area (Å²) in [5, 5.41) is 14.7. The van der Waals surface area contributed by atoms with Crippen LogP contribution in [0, 0.1) is 15.5 Å².